The Balaban J connectivity index is 1.96. The number of alkyl halides is 1. The van der Waals surface area contributed by atoms with Gasteiger partial charge in [0.25, 0.3) is 0 Å². The molecule has 2 rings (SSSR count). The van der Waals surface area contributed by atoms with Crippen molar-refractivity contribution >= 4 is 12.0 Å². The van der Waals surface area contributed by atoms with Crippen LogP contribution in [0.5, 0.6) is 0 Å². The summed E-state index contributed by atoms with van der Waals surface area (Å²) in [5, 5.41) is 28.1. The van der Waals surface area contributed by atoms with Gasteiger partial charge in [0.15, 0.2) is 18.6 Å². The fraction of sp³-hybridized carbons (Fsp3) is 0.500. The maximum absolute atomic E-state index is 13.9. The van der Waals surface area contributed by atoms with Crippen molar-refractivity contribution in [1.29, 1.82) is 0 Å². The molecule has 0 spiro atoms. The first kappa shape index (κ1) is 14.7. The Morgan fingerprint density at radius 2 is 1.95 bits per heavy atom. The van der Waals surface area contributed by atoms with Crippen LogP contribution in [0.25, 0.3) is 0 Å². The van der Waals surface area contributed by atoms with Gasteiger partial charge in [-0.05, 0) is 12.1 Å². The highest BCUT2D eigenvalue weighted by Gasteiger charge is 2.46. The van der Waals surface area contributed by atoms with Gasteiger partial charge in [-0.2, -0.15) is 0 Å². The van der Waals surface area contributed by atoms with Crippen molar-refractivity contribution < 1.29 is 28.6 Å². The maximum Gasteiger partial charge on any atom is 0.186 e. The molecule has 1 saturated heterocycles. The van der Waals surface area contributed by atoms with Crippen molar-refractivity contribution in [2.45, 2.75) is 35.7 Å². The van der Waals surface area contributed by atoms with E-state index in [9.17, 15) is 14.6 Å². The monoisotopic (exact) mass is 290 g/mol. The smallest absolute Gasteiger partial charge is 0.186 e. The second-order valence-electron chi connectivity index (χ2n) is 4.14. The molecule has 106 valence electrons. The number of hydrogen-bond donors (Lipinski definition) is 3. The number of rotatable bonds is 4. The summed E-state index contributed by atoms with van der Waals surface area (Å²) in [6.07, 6.45) is -7.37. The van der Waals surface area contributed by atoms with Gasteiger partial charge in [0.05, 0.1) is 6.61 Å². The van der Waals surface area contributed by atoms with Gasteiger partial charge < -0.3 is 20.1 Å². The van der Waals surface area contributed by atoms with Gasteiger partial charge >= 0.3 is 0 Å². The molecule has 0 saturated carbocycles. The van der Waals surface area contributed by atoms with E-state index in [-0.39, 0.29) is 0 Å². The van der Waals surface area contributed by atoms with Crippen molar-refractivity contribution in [2.24, 2.45) is 0 Å². The quantitative estimate of drug-likeness (QED) is 0.700. The van der Waals surface area contributed by atoms with Crippen LogP contribution in [0, 0.1) is 0 Å². The summed E-state index contributed by atoms with van der Waals surface area (Å²) < 4.78 is 24.0. The molecule has 0 aliphatic carbocycles. The molecule has 5 atom stereocenters. The van der Waals surface area contributed by atoms with Gasteiger partial charge in [-0.15, -0.1) is 0 Å². The van der Waals surface area contributed by atoms with Crippen LogP contribution in [0.15, 0.2) is 35.2 Å². The van der Waals surface area contributed by atoms with E-state index in [0.29, 0.717) is 0 Å². The molecule has 0 amide bonds. The second kappa shape index (κ2) is 6.65. The van der Waals surface area contributed by atoms with Crippen LogP contribution >= 0.6 is 12.0 Å². The number of benzene rings is 1. The van der Waals surface area contributed by atoms with Crippen LogP contribution < -0.4 is 0 Å². The summed E-state index contributed by atoms with van der Waals surface area (Å²) >= 11 is 0.892. The third-order valence-corrected chi connectivity index (χ3v) is 3.58. The van der Waals surface area contributed by atoms with Crippen LogP contribution in [0.3, 0.4) is 0 Å². The van der Waals surface area contributed by atoms with Crippen LogP contribution in [-0.4, -0.2) is 52.7 Å². The van der Waals surface area contributed by atoms with Crippen LogP contribution in [0.4, 0.5) is 4.39 Å². The number of ether oxygens (including phenoxy) is 1. The number of hydrogen-bond acceptors (Lipinski definition) is 6. The standard InChI is InChI=1S/C12H15FO5S/c13-9-10(15)8(6-14)17-12(16)11(9)18-19-7-4-2-1-3-5-7/h1-5,8-12,14-16H,6H2/t8-,9-,10-,11-,12?/m1/s1. The van der Waals surface area contributed by atoms with Gasteiger partial charge in [0.1, 0.15) is 12.2 Å². The Bertz CT molecular complexity index is 393. The Morgan fingerprint density at radius 3 is 2.58 bits per heavy atom. The van der Waals surface area contributed by atoms with Crippen LogP contribution in [-0.2, 0) is 8.92 Å². The molecule has 1 aromatic rings. The van der Waals surface area contributed by atoms with E-state index in [0.717, 1.165) is 16.9 Å². The molecule has 0 bridgehead atoms. The lowest BCUT2D eigenvalue weighted by molar-refractivity contribution is -0.266. The van der Waals surface area contributed by atoms with E-state index < -0.39 is 37.4 Å². The van der Waals surface area contributed by atoms with Gasteiger partial charge in [0.2, 0.25) is 0 Å². The summed E-state index contributed by atoms with van der Waals surface area (Å²) in [6.45, 7) is -0.572. The Hall–Kier alpha value is -0.700. The lowest BCUT2D eigenvalue weighted by Gasteiger charge is -2.37. The first-order chi connectivity index (χ1) is 9.13. The topological polar surface area (TPSA) is 79.2 Å². The van der Waals surface area contributed by atoms with E-state index >= 15 is 0 Å². The Labute approximate surface area is 114 Å². The van der Waals surface area contributed by atoms with Crippen LogP contribution in [0.1, 0.15) is 0 Å². The minimum atomic E-state index is -1.84. The normalized spacial score (nSPS) is 35.3. The highest BCUT2D eigenvalue weighted by molar-refractivity contribution is 7.94. The van der Waals surface area contributed by atoms with Gasteiger partial charge in [-0.25, -0.2) is 4.39 Å². The van der Waals surface area contributed by atoms with Crippen molar-refractivity contribution in [3.8, 4) is 0 Å². The zero-order chi connectivity index (χ0) is 13.8. The predicted octanol–water partition coefficient (Wildman–Crippen LogP) is 0.487. The first-order valence-electron chi connectivity index (χ1n) is 5.78. The van der Waals surface area contributed by atoms with E-state index in [1.165, 1.54) is 0 Å². The zero-order valence-corrected chi connectivity index (χ0v) is 10.7. The van der Waals surface area contributed by atoms with Crippen molar-refractivity contribution in [3.05, 3.63) is 30.3 Å². The fourth-order valence-corrected chi connectivity index (χ4v) is 2.42. The van der Waals surface area contributed by atoms with Crippen molar-refractivity contribution in [1.82, 2.24) is 0 Å². The minimum Gasteiger partial charge on any atom is -0.394 e. The number of aliphatic hydroxyl groups excluding tert-OH is 3. The maximum atomic E-state index is 13.9. The van der Waals surface area contributed by atoms with Crippen molar-refractivity contribution in [3.63, 3.8) is 0 Å². The predicted molar refractivity (Wildman–Crippen MR) is 66.0 cm³/mol. The highest BCUT2D eigenvalue weighted by Crippen LogP contribution is 2.30. The number of halogens is 1. The fourth-order valence-electron chi connectivity index (χ4n) is 1.73. The lowest BCUT2D eigenvalue weighted by Crippen LogP contribution is -2.57. The van der Waals surface area contributed by atoms with E-state index in [1.54, 1.807) is 24.3 Å². The largest absolute Gasteiger partial charge is 0.394 e. The molecule has 19 heavy (non-hydrogen) atoms. The summed E-state index contributed by atoms with van der Waals surface area (Å²) in [4.78, 5) is 0.737. The molecule has 0 aromatic heterocycles. The van der Waals surface area contributed by atoms with Gasteiger partial charge in [-0.1, -0.05) is 18.2 Å². The average molecular weight is 290 g/mol. The van der Waals surface area contributed by atoms with E-state index in [4.69, 9.17) is 14.0 Å². The molecule has 1 unspecified atom stereocenters. The SMILES string of the molecule is OC[C@H]1OC(O)[C@H](OSc2ccccc2)[C@H](F)[C@@H]1O. The summed E-state index contributed by atoms with van der Waals surface area (Å²) in [5.41, 5.74) is 0. The second-order valence-corrected chi connectivity index (χ2v) is 4.97. The Kier molecular flexibility index (Phi) is 5.14. The molecule has 1 fully saturated rings. The van der Waals surface area contributed by atoms with Gasteiger partial charge in [0, 0.05) is 16.9 Å². The lowest BCUT2D eigenvalue weighted by atomic mass is 10.0. The number of aliphatic hydroxyl groups is 3. The Morgan fingerprint density at radius 1 is 1.26 bits per heavy atom. The molecular weight excluding hydrogens is 275 g/mol. The first-order valence-corrected chi connectivity index (χ1v) is 6.52. The molecule has 0 radical (unpaired) electrons. The summed E-state index contributed by atoms with van der Waals surface area (Å²) in [6, 6.07) is 8.95. The molecule has 7 heteroatoms. The van der Waals surface area contributed by atoms with E-state index in [1.807, 2.05) is 6.07 Å². The average Bonchev–Trinajstić information content (AvgIpc) is 2.44. The molecular formula is C12H15FO5S. The summed E-state index contributed by atoms with van der Waals surface area (Å²) in [7, 11) is 0. The van der Waals surface area contributed by atoms with Crippen molar-refractivity contribution in [2.75, 3.05) is 6.61 Å². The zero-order valence-electron chi connectivity index (χ0n) is 9.92. The van der Waals surface area contributed by atoms with Crippen LogP contribution in [0.2, 0.25) is 0 Å². The third-order valence-electron chi connectivity index (χ3n) is 2.79. The molecule has 3 N–H and O–H groups in total. The summed E-state index contributed by atoms with van der Waals surface area (Å²) in [5.74, 6) is 0. The molecule has 1 heterocycles. The molecule has 1 aliphatic heterocycles. The molecule has 1 aromatic carbocycles. The third kappa shape index (κ3) is 3.44. The highest BCUT2D eigenvalue weighted by atomic mass is 32.2. The minimum absolute atomic E-state index is 0.572. The van der Waals surface area contributed by atoms with Gasteiger partial charge in [-0.3, -0.25) is 4.18 Å². The molecule has 1 aliphatic rings. The molecule has 5 nitrogen and oxygen atoms in total. The van der Waals surface area contributed by atoms with E-state index in [2.05, 4.69) is 0 Å².